The summed E-state index contributed by atoms with van der Waals surface area (Å²) in [7, 11) is 0. The molecule has 1 fully saturated rings. The molecule has 6 heteroatoms. The van der Waals surface area contributed by atoms with Crippen LogP contribution in [0.4, 0.5) is 5.69 Å². The molecule has 1 aliphatic carbocycles. The van der Waals surface area contributed by atoms with Crippen LogP contribution < -0.4 is 16.2 Å². The standard InChI is InChI=1S/C19H22N4O2/c24-18-15-8-2-1-7-14(15)17(22-23-18)12-5-3-6-13(11-12)21-19(25)16-9-4-10-20-16/h3,5-6,11,16,20H,1-2,4,7-10H2,(H,21,25)(H,23,24). The van der Waals surface area contributed by atoms with Crippen molar-refractivity contribution in [3.63, 3.8) is 0 Å². The second kappa shape index (κ2) is 6.80. The molecular formula is C19H22N4O2. The fraction of sp³-hybridized carbons (Fsp3) is 0.421. The van der Waals surface area contributed by atoms with E-state index in [0.717, 1.165) is 73.1 Å². The molecular weight excluding hydrogens is 316 g/mol. The smallest absolute Gasteiger partial charge is 0.267 e. The highest BCUT2D eigenvalue weighted by molar-refractivity contribution is 5.95. The maximum Gasteiger partial charge on any atom is 0.267 e. The van der Waals surface area contributed by atoms with Crippen LogP contribution in [0.25, 0.3) is 11.3 Å². The first-order valence-electron chi connectivity index (χ1n) is 8.97. The van der Waals surface area contributed by atoms with Crippen molar-refractivity contribution >= 4 is 11.6 Å². The predicted octanol–water partition coefficient (Wildman–Crippen LogP) is 2.01. The molecule has 1 unspecified atom stereocenters. The fourth-order valence-electron chi connectivity index (χ4n) is 3.78. The zero-order chi connectivity index (χ0) is 17.2. The SMILES string of the molecule is O=C(Nc1cccc(-c2n[nH]c(=O)c3c2CCCC3)c1)C1CCCN1. The Balaban J connectivity index is 1.64. The van der Waals surface area contributed by atoms with E-state index in [2.05, 4.69) is 20.8 Å². The second-order valence-electron chi connectivity index (χ2n) is 6.78. The summed E-state index contributed by atoms with van der Waals surface area (Å²) in [4.78, 5) is 24.3. The maximum atomic E-state index is 12.3. The zero-order valence-corrected chi connectivity index (χ0v) is 14.1. The molecule has 1 aromatic heterocycles. The molecule has 0 radical (unpaired) electrons. The number of hydrogen-bond acceptors (Lipinski definition) is 4. The molecule has 1 amide bonds. The van der Waals surface area contributed by atoms with Crippen LogP contribution in [0, 0.1) is 0 Å². The average Bonchev–Trinajstić information content (AvgIpc) is 3.17. The van der Waals surface area contributed by atoms with E-state index in [4.69, 9.17) is 0 Å². The number of carbonyl (C=O) groups excluding carboxylic acids is 1. The zero-order valence-electron chi connectivity index (χ0n) is 14.1. The van der Waals surface area contributed by atoms with Gasteiger partial charge >= 0.3 is 0 Å². The van der Waals surface area contributed by atoms with Crippen molar-refractivity contribution in [2.75, 3.05) is 11.9 Å². The molecule has 1 aliphatic heterocycles. The predicted molar refractivity (Wildman–Crippen MR) is 96.6 cm³/mol. The number of rotatable bonds is 3. The van der Waals surface area contributed by atoms with Crippen molar-refractivity contribution in [2.45, 2.75) is 44.6 Å². The quantitative estimate of drug-likeness (QED) is 0.799. The van der Waals surface area contributed by atoms with Gasteiger partial charge in [0.05, 0.1) is 11.7 Å². The molecule has 130 valence electrons. The summed E-state index contributed by atoms with van der Waals surface area (Å²) in [5, 5.41) is 13.1. The first-order chi connectivity index (χ1) is 12.2. The van der Waals surface area contributed by atoms with Crippen molar-refractivity contribution in [2.24, 2.45) is 0 Å². The Labute approximate surface area is 146 Å². The summed E-state index contributed by atoms with van der Waals surface area (Å²) in [6.07, 6.45) is 5.72. The third-order valence-corrected chi connectivity index (χ3v) is 5.08. The lowest BCUT2D eigenvalue weighted by Crippen LogP contribution is -2.35. The van der Waals surface area contributed by atoms with Gasteiger partial charge in [0.2, 0.25) is 5.91 Å². The van der Waals surface area contributed by atoms with Crippen molar-refractivity contribution in [1.82, 2.24) is 15.5 Å². The highest BCUT2D eigenvalue weighted by Crippen LogP contribution is 2.29. The van der Waals surface area contributed by atoms with Crippen LogP contribution in [0.3, 0.4) is 0 Å². The fourth-order valence-corrected chi connectivity index (χ4v) is 3.78. The van der Waals surface area contributed by atoms with Crippen LogP contribution in [-0.4, -0.2) is 28.7 Å². The van der Waals surface area contributed by atoms with Crippen LogP contribution in [0.5, 0.6) is 0 Å². The third kappa shape index (κ3) is 3.22. The minimum atomic E-state index is -0.109. The number of aromatic amines is 1. The minimum Gasteiger partial charge on any atom is -0.325 e. The number of aromatic nitrogens is 2. The molecule has 1 aromatic carbocycles. The molecule has 0 bridgehead atoms. The van der Waals surface area contributed by atoms with Gasteiger partial charge in [0.1, 0.15) is 0 Å². The molecule has 2 aliphatic rings. The lowest BCUT2D eigenvalue weighted by Gasteiger charge is -2.18. The highest BCUT2D eigenvalue weighted by atomic mass is 16.2. The summed E-state index contributed by atoms with van der Waals surface area (Å²) in [5.74, 6) is 0.00565. The van der Waals surface area contributed by atoms with Crippen LogP contribution in [-0.2, 0) is 17.6 Å². The average molecular weight is 338 g/mol. The van der Waals surface area contributed by atoms with Gasteiger partial charge in [-0.15, -0.1) is 0 Å². The van der Waals surface area contributed by atoms with Crippen molar-refractivity contribution < 1.29 is 4.79 Å². The molecule has 2 heterocycles. The molecule has 2 aromatic rings. The number of nitrogens with one attached hydrogen (secondary N) is 3. The summed E-state index contributed by atoms with van der Waals surface area (Å²) < 4.78 is 0. The molecule has 6 nitrogen and oxygen atoms in total. The summed E-state index contributed by atoms with van der Waals surface area (Å²) in [6.45, 7) is 0.894. The van der Waals surface area contributed by atoms with Crippen LogP contribution in [0.1, 0.15) is 36.8 Å². The van der Waals surface area contributed by atoms with Crippen molar-refractivity contribution in [1.29, 1.82) is 0 Å². The Kier molecular flexibility index (Phi) is 4.36. The molecule has 1 saturated heterocycles. The van der Waals surface area contributed by atoms with Crippen molar-refractivity contribution in [3.8, 4) is 11.3 Å². The summed E-state index contributed by atoms with van der Waals surface area (Å²) in [5.41, 5.74) is 4.34. The van der Waals surface area contributed by atoms with Gasteiger partial charge in [-0.2, -0.15) is 5.10 Å². The van der Waals surface area contributed by atoms with Gasteiger partial charge < -0.3 is 10.6 Å². The van der Waals surface area contributed by atoms with Crippen LogP contribution in [0.15, 0.2) is 29.1 Å². The number of anilines is 1. The molecule has 0 saturated carbocycles. The first-order valence-corrected chi connectivity index (χ1v) is 8.97. The Morgan fingerprint density at radius 3 is 2.80 bits per heavy atom. The molecule has 0 spiro atoms. The van der Waals surface area contributed by atoms with E-state index < -0.39 is 0 Å². The molecule has 4 rings (SSSR count). The lowest BCUT2D eigenvalue weighted by molar-refractivity contribution is -0.117. The topological polar surface area (TPSA) is 86.9 Å². The second-order valence-corrected chi connectivity index (χ2v) is 6.78. The Morgan fingerprint density at radius 1 is 1.16 bits per heavy atom. The maximum absolute atomic E-state index is 12.3. The van der Waals surface area contributed by atoms with E-state index in [9.17, 15) is 9.59 Å². The van der Waals surface area contributed by atoms with Gasteiger partial charge in [0.25, 0.3) is 5.56 Å². The third-order valence-electron chi connectivity index (χ3n) is 5.08. The number of fused-ring (bicyclic) bond motifs is 1. The van der Waals surface area contributed by atoms with Gasteiger partial charge in [0, 0.05) is 16.8 Å². The highest BCUT2D eigenvalue weighted by Gasteiger charge is 2.22. The van der Waals surface area contributed by atoms with E-state index in [1.165, 1.54) is 0 Å². The number of nitrogens with zero attached hydrogens (tertiary/aromatic N) is 1. The monoisotopic (exact) mass is 338 g/mol. The van der Waals surface area contributed by atoms with Gasteiger partial charge in [-0.25, -0.2) is 5.10 Å². The molecule has 3 N–H and O–H groups in total. The van der Waals surface area contributed by atoms with E-state index in [-0.39, 0.29) is 17.5 Å². The van der Waals surface area contributed by atoms with Crippen LogP contribution >= 0.6 is 0 Å². The Morgan fingerprint density at radius 2 is 2.00 bits per heavy atom. The Hall–Kier alpha value is -2.47. The summed E-state index contributed by atoms with van der Waals surface area (Å²) in [6, 6.07) is 7.59. The molecule has 25 heavy (non-hydrogen) atoms. The van der Waals surface area contributed by atoms with Crippen LogP contribution in [0.2, 0.25) is 0 Å². The first kappa shape index (κ1) is 16.0. The number of hydrogen-bond donors (Lipinski definition) is 3. The normalized spacial score (nSPS) is 19.4. The van der Waals surface area contributed by atoms with E-state index in [1.54, 1.807) is 0 Å². The van der Waals surface area contributed by atoms with E-state index in [1.807, 2.05) is 24.3 Å². The summed E-state index contributed by atoms with van der Waals surface area (Å²) >= 11 is 0. The van der Waals surface area contributed by atoms with Gasteiger partial charge in [-0.3, -0.25) is 9.59 Å². The van der Waals surface area contributed by atoms with Gasteiger partial charge in [-0.05, 0) is 62.8 Å². The van der Waals surface area contributed by atoms with Gasteiger partial charge in [0.15, 0.2) is 0 Å². The number of benzene rings is 1. The number of carbonyl (C=O) groups is 1. The minimum absolute atomic E-state index is 0.00565. The van der Waals surface area contributed by atoms with E-state index >= 15 is 0 Å². The largest absolute Gasteiger partial charge is 0.325 e. The van der Waals surface area contributed by atoms with E-state index in [0.29, 0.717) is 0 Å². The van der Waals surface area contributed by atoms with Gasteiger partial charge in [-0.1, -0.05) is 12.1 Å². The molecule has 1 atom stereocenters. The number of amides is 1. The van der Waals surface area contributed by atoms with Crippen molar-refractivity contribution in [3.05, 3.63) is 45.7 Å². The lowest BCUT2D eigenvalue weighted by atomic mass is 9.90. The number of H-pyrrole nitrogens is 1. The Bertz CT molecular complexity index is 853.